The molecule has 0 saturated carbocycles. The van der Waals surface area contributed by atoms with E-state index in [-0.39, 0.29) is 5.56 Å². The summed E-state index contributed by atoms with van der Waals surface area (Å²) in [7, 11) is 0. The summed E-state index contributed by atoms with van der Waals surface area (Å²) in [6.45, 7) is 0. The van der Waals surface area contributed by atoms with E-state index in [2.05, 4.69) is 4.98 Å². The molecular weight excluding hydrogens is 247 g/mol. The van der Waals surface area contributed by atoms with Gasteiger partial charge >= 0.3 is 12.1 Å². The Labute approximate surface area is 93.2 Å². The fourth-order valence-electron chi connectivity index (χ4n) is 0.888. The Kier molecular flexibility index (Phi) is 3.54. The molecule has 0 aliphatic heterocycles. The minimum Gasteiger partial charge on any atom is -0.478 e. The molecule has 1 aromatic rings. The highest BCUT2D eigenvalue weighted by atomic mass is 35.5. The van der Waals surface area contributed by atoms with Gasteiger partial charge < -0.3 is 5.11 Å². The van der Waals surface area contributed by atoms with Crippen LogP contribution in [0, 0.1) is 0 Å². The molecule has 7 heteroatoms. The van der Waals surface area contributed by atoms with E-state index in [0.717, 1.165) is 24.3 Å². The quantitative estimate of drug-likeness (QED) is 0.649. The Morgan fingerprint density at radius 1 is 1.44 bits per heavy atom. The first kappa shape index (κ1) is 12.5. The molecule has 0 aliphatic rings. The van der Waals surface area contributed by atoms with E-state index >= 15 is 0 Å². The summed E-state index contributed by atoms with van der Waals surface area (Å²) in [5, 5.41) is 7.92. The average Bonchev–Trinajstić information content (AvgIpc) is 2.14. The minimum absolute atomic E-state index is 0.108. The summed E-state index contributed by atoms with van der Waals surface area (Å²) in [6, 6.07) is 1.78. The highest BCUT2D eigenvalue weighted by Crippen LogP contribution is 2.29. The fourth-order valence-corrected chi connectivity index (χ4v) is 1.11. The van der Waals surface area contributed by atoms with Crippen molar-refractivity contribution in [3.05, 3.63) is 34.6 Å². The topological polar surface area (TPSA) is 50.2 Å². The molecule has 1 rings (SSSR count). The first-order chi connectivity index (χ1) is 7.30. The first-order valence-corrected chi connectivity index (χ1v) is 4.33. The highest BCUT2D eigenvalue weighted by Gasteiger charge is 2.32. The second kappa shape index (κ2) is 4.52. The Morgan fingerprint density at radius 3 is 2.50 bits per heavy atom. The molecule has 0 fully saturated rings. The van der Waals surface area contributed by atoms with Gasteiger partial charge in [-0.2, -0.15) is 13.2 Å². The smallest absolute Gasteiger partial charge is 0.433 e. The van der Waals surface area contributed by atoms with Crippen molar-refractivity contribution in [2.45, 2.75) is 6.18 Å². The summed E-state index contributed by atoms with van der Waals surface area (Å²) in [4.78, 5) is 13.3. The Bertz CT molecular complexity index is 443. The predicted molar refractivity (Wildman–Crippen MR) is 50.9 cm³/mol. The van der Waals surface area contributed by atoms with Crippen molar-refractivity contribution in [3.63, 3.8) is 0 Å². The molecule has 1 heterocycles. The molecule has 86 valence electrons. The monoisotopic (exact) mass is 251 g/mol. The molecule has 0 atom stereocenters. The van der Waals surface area contributed by atoms with Crippen LogP contribution in [-0.2, 0) is 11.0 Å². The molecule has 0 aliphatic carbocycles. The van der Waals surface area contributed by atoms with Gasteiger partial charge in [-0.3, -0.25) is 0 Å². The zero-order valence-corrected chi connectivity index (χ0v) is 8.38. The number of halogens is 4. The SMILES string of the molecule is O=C(O)C=Cc1ccc(C(F)(F)F)nc1Cl. The Morgan fingerprint density at radius 2 is 2.06 bits per heavy atom. The second-order valence-electron chi connectivity index (χ2n) is 2.75. The van der Waals surface area contributed by atoms with Gasteiger partial charge in [0.1, 0.15) is 10.8 Å². The van der Waals surface area contributed by atoms with Crippen LogP contribution in [0.15, 0.2) is 18.2 Å². The van der Waals surface area contributed by atoms with E-state index < -0.39 is 23.0 Å². The van der Waals surface area contributed by atoms with E-state index in [1.54, 1.807) is 0 Å². The van der Waals surface area contributed by atoms with Crippen molar-refractivity contribution in [1.29, 1.82) is 0 Å². The number of nitrogens with zero attached hydrogens (tertiary/aromatic N) is 1. The molecule has 0 unspecified atom stereocenters. The molecule has 1 N–H and O–H groups in total. The molecule has 0 saturated heterocycles. The molecule has 0 radical (unpaired) electrons. The number of hydrogen-bond donors (Lipinski definition) is 1. The fraction of sp³-hybridized carbons (Fsp3) is 0.111. The van der Waals surface area contributed by atoms with Crippen LogP contribution in [0.3, 0.4) is 0 Å². The maximum Gasteiger partial charge on any atom is 0.433 e. The third-order valence-electron chi connectivity index (χ3n) is 1.57. The zero-order valence-electron chi connectivity index (χ0n) is 7.62. The number of pyridine rings is 1. The summed E-state index contributed by atoms with van der Waals surface area (Å²) in [5.41, 5.74) is -1.01. The number of carbonyl (C=O) groups is 1. The largest absolute Gasteiger partial charge is 0.478 e. The van der Waals surface area contributed by atoms with Gasteiger partial charge in [-0.1, -0.05) is 11.6 Å². The maximum absolute atomic E-state index is 12.2. The molecule has 16 heavy (non-hydrogen) atoms. The second-order valence-corrected chi connectivity index (χ2v) is 3.10. The van der Waals surface area contributed by atoms with Crippen molar-refractivity contribution in [2.75, 3.05) is 0 Å². The lowest BCUT2D eigenvalue weighted by Gasteiger charge is -2.06. The molecule has 0 amide bonds. The maximum atomic E-state index is 12.2. The molecular formula is C9H5ClF3NO2. The Hall–Kier alpha value is -1.56. The molecule has 0 aromatic carbocycles. The number of rotatable bonds is 2. The third kappa shape index (κ3) is 3.23. The summed E-state index contributed by atoms with van der Waals surface area (Å²) in [6.07, 6.45) is -2.74. The summed E-state index contributed by atoms with van der Waals surface area (Å²) < 4.78 is 36.5. The van der Waals surface area contributed by atoms with Gasteiger partial charge in [-0.25, -0.2) is 9.78 Å². The van der Waals surface area contributed by atoms with Crippen LogP contribution in [0.2, 0.25) is 5.15 Å². The number of aromatic nitrogens is 1. The van der Waals surface area contributed by atoms with Crippen molar-refractivity contribution in [2.24, 2.45) is 0 Å². The summed E-state index contributed by atoms with van der Waals surface area (Å²) >= 11 is 5.46. The Balaban J connectivity index is 3.05. The van der Waals surface area contributed by atoms with Crippen molar-refractivity contribution in [3.8, 4) is 0 Å². The molecule has 0 bridgehead atoms. The first-order valence-electron chi connectivity index (χ1n) is 3.95. The zero-order chi connectivity index (χ0) is 12.3. The van der Waals surface area contributed by atoms with Gasteiger partial charge in [0.05, 0.1) is 0 Å². The van der Waals surface area contributed by atoms with Crippen LogP contribution in [0.1, 0.15) is 11.3 Å². The predicted octanol–water partition coefficient (Wildman–Crippen LogP) is 2.85. The average molecular weight is 252 g/mol. The van der Waals surface area contributed by atoms with Crippen LogP contribution in [-0.4, -0.2) is 16.1 Å². The summed E-state index contributed by atoms with van der Waals surface area (Å²) in [5.74, 6) is -1.23. The molecule has 3 nitrogen and oxygen atoms in total. The van der Waals surface area contributed by atoms with Crippen molar-refractivity contribution < 1.29 is 23.1 Å². The standard InChI is InChI=1S/C9H5ClF3NO2/c10-8-5(2-4-7(15)16)1-3-6(14-8)9(11,12)13/h1-4H,(H,15,16). The van der Waals surface area contributed by atoms with E-state index in [1.165, 1.54) is 0 Å². The van der Waals surface area contributed by atoms with E-state index in [4.69, 9.17) is 16.7 Å². The van der Waals surface area contributed by atoms with Crippen LogP contribution < -0.4 is 0 Å². The van der Waals surface area contributed by atoms with Gasteiger partial charge in [0.15, 0.2) is 0 Å². The number of carboxylic acids is 1. The number of alkyl halides is 3. The number of hydrogen-bond acceptors (Lipinski definition) is 2. The normalized spacial score (nSPS) is 12.0. The molecule has 1 aromatic heterocycles. The van der Waals surface area contributed by atoms with E-state index in [9.17, 15) is 18.0 Å². The highest BCUT2D eigenvalue weighted by molar-refractivity contribution is 6.30. The van der Waals surface area contributed by atoms with Gasteiger partial charge in [0, 0.05) is 11.6 Å². The van der Waals surface area contributed by atoms with E-state index in [0.29, 0.717) is 0 Å². The van der Waals surface area contributed by atoms with Gasteiger partial charge in [0.2, 0.25) is 0 Å². The molecule has 0 spiro atoms. The van der Waals surface area contributed by atoms with E-state index in [1.807, 2.05) is 0 Å². The van der Waals surface area contributed by atoms with Crippen molar-refractivity contribution in [1.82, 2.24) is 4.98 Å². The minimum atomic E-state index is -4.57. The third-order valence-corrected chi connectivity index (χ3v) is 1.88. The van der Waals surface area contributed by atoms with Crippen LogP contribution in [0.4, 0.5) is 13.2 Å². The lowest BCUT2D eigenvalue weighted by Crippen LogP contribution is -2.08. The lowest BCUT2D eigenvalue weighted by molar-refractivity contribution is -0.141. The number of aliphatic carboxylic acids is 1. The van der Waals surface area contributed by atoms with Crippen LogP contribution in [0.5, 0.6) is 0 Å². The van der Waals surface area contributed by atoms with Crippen LogP contribution >= 0.6 is 11.6 Å². The number of carboxylic acid groups (broad SMARTS) is 1. The van der Waals surface area contributed by atoms with Crippen LogP contribution in [0.25, 0.3) is 6.08 Å². The lowest BCUT2D eigenvalue weighted by atomic mass is 10.2. The van der Waals surface area contributed by atoms with Gasteiger partial charge in [-0.15, -0.1) is 0 Å². The van der Waals surface area contributed by atoms with Crippen molar-refractivity contribution >= 4 is 23.6 Å². The van der Waals surface area contributed by atoms with Gasteiger partial charge in [-0.05, 0) is 18.2 Å². The van der Waals surface area contributed by atoms with Gasteiger partial charge in [0.25, 0.3) is 0 Å².